The fourth-order valence-electron chi connectivity index (χ4n) is 2.94. The summed E-state index contributed by atoms with van der Waals surface area (Å²) in [4.78, 5) is 11.9. The molecule has 0 unspecified atom stereocenters. The fraction of sp³-hybridized carbons (Fsp3) is 0.316. The Kier molecular flexibility index (Phi) is 5.46. The molecule has 0 radical (unpaired) electrons. The molecular formula is C19H22N2O3. The second-order valence-corrected chi connectivity index (χ2v) is 5.78. The van der Waals surface area contributed by atoms with E-state index in [4.69, 9.17) is 9.84 Å². The molecule has 0 aromatic heterocycles. The van der Waals surface area contributed by atoms with Gasteiger partial charge >= 0.3 is 6.03 Å². The quantitative estimate of drug-likeness (QED) is 0.585. The average Bonchev–Trinajstić information content (AvgIpc) is 2.95. The Balaban J connectivity index is 1.50. The minimum Gasteiger partial charge on any atom is -0.394 e. The number of amides is 2. The lowest BCUT2D eigenvalue weighted by atomic mass is 10.1. The minimum absolute atomic E-state index is 0.0239. The second-order valence-electron chi connectivity index (χ2n) is 5.78. The van der Waals surface area contributed by atoms with E-state index in [-0.39, 0.29) is 12.6 Å². The molecule has 0 bridgehead atoms. The normalized spacial score (nSPS) is 11.7. The van der Waals surface area contributed by atoms with Crippen LogP contribution in [0.2, 0.25) is 0 Å². The molecule has 1 aliphatic rings. The van der Waals surface area contributed by atoms with E-state index in [0.717, 1.165) is 12.1 Å². The summed E-state index contributed by atoms with van der Waals surface area (Å²) in [6.07, 6.45) is 1.62. The molecular weight excluding hydrogens is 304 g/mol. The van der Waals surface area contributed by atoms with E-state index in [1.807, 2.05) is 12.1 Å². The average molecular weight is 326 g/mol. The molecule has 5 nitrogen and oxygen atoms in total. The van der Waals surface area contributed by atoms with Gasteiger partial charge in [0.15, 0.2) is 0 Å². The van der Waals surface area contributed by atoms with Crippen LogP contribution in [0.15, 0.2) is 42.5 Å². The van der Waals surface area contributed by atoms with Crippen molar-refractivity contribution in [1.82, 2.24) is 5.32 Å². The highest BCUT2D eigenvalue weighted by atomic mass is 16.5. The van der Waals surface area contributed by atoms with E-state index in [9.17, 15) is 4.79 Å². The van der Waals surface area contributed by atoms with Crippen molar-refractivity contribution in [1.29, 1.82) is 0 Å². The maximum atomic E-state index is 11.9. The Labute approximate surface area is 141 Å². The Morgan fingerprint density at radius 2 is 1.92 bits per heavy atom. The van der Waals surface area contributed by atoms with Crippen molar-refractivity contribution >= 4 is 11.7 Å². The van der Waals surface area contributed by atoms with Crippen LogP contribution >= 0.6 is 0 Å². The van der Waals surface area contributed by atoms with Gasteiger partial charge in [0.25, 0.3) is 0 Å². The number of carbonyl (C=O) groups is 1. The van der Waals surface area contributed by atoms with Gasteiger partial charge in [-0.05, 0) is 47.2 Å². The summed E-state index contributed by atoms with van der Waals surface area (Å²) in [7, 11) is 0. The van der Waals surface area contributed by atoms with Gasteiger partial charge in [-0.15, -0.1) is 0 Å². The van der Waals surface area contributed by atoms with Gasteiger partial charge in [-0.3, -0.25) is 0 Å². The van der Waals surface area contributed by atoms with Crippen LogP contribution in [0.1, 0.15) is 17.5 Å². The smallest absolute Gasteiger partial charge is 0.319 e. The molecule has 0 saturated heterocycles. The van der Waals surface area contributed by atoms with E-state index >= 15 is 0 Å². The molecule has 5 heteroatoms. The van der Waals surface area contributed by atoms with Crippen LogP contribution in [0.3, 0.4) is 0 Å². The number of hydrogen-bond donors (Lipinski definition) is 3. The van der Waals surface area contributed by atoms with Gasteiger partial charge in [-0.2, -0.15) is 0 Å². The third-order valence-electron chi connectivity index (χ3n) is 4.04. The summed E-state index contributed by atoms with van der Waals surface area (Å²) in [6, 6.07) is 14.2. The zero-order valence-corrected chi connectivity index (χ0v) is 13.5. The zero-order valence-electron chi connectivity index (χ0n) is 13.5. The van der Waals surface area contributed by atoms with Crippen LogP contribution in [-0.2, 0) is 11.2 Å². The maximum absolute atomic E-state index is 11.9. The van der Waals surface area contributed by atoms with Crippen molar-refractivity contribution in [3.05, 3.63) is 53.6 Å². The highest BCUT2D eigenvalue weighted by Crippen LogP contribution is 2.37. The molecule has 126 valence electrons. The second kappa shape index (κ2) is 7.95. The first-order valence-electron chi connectivity index (χ1n) is 8.22. The van der Waals surface area contributed by atoms with Crippen LogP contribution in [-0.4, -0.2) is 37.5 Å². The van der Waals surface area contributed by atoms with Crippen molar-refractivity contribution in [2.24, 2.45) is 0 Å². The Hall–Kier alpha value is -2.37. The number of aliphatic hydroxyl groups is 1. The number of benzene rings is 2. The van der Waals surface area contributed by atoms with E-state index in [2.05, 4.69) is 41.0 Å². The molecule has 0 heterocycles. The molecule has 0 spiro atoms. The van der Waals surface area contributed by atoms with Gasteiger partial charge in [0.2, 0.25) is 0 Å². The van der Waals surface area contributed by atoms with Crippen LogP contribution in [0.4, 0.5) is 10.5 Å². The molecule has 24 heavy (non-hydrogen) atoms. The molecule has 0 saturated carbocycles. The van der Waals surface area contributed by atoms with Crippen molar-refractivity contribution in [2.75, 3.05) is 31.7 Å². The lowest BCUT2D eigenvalue weighted by Gasteiger charge is -2.09. The van der Waals surface area contributed by atoms with Crippen molar-refractivity contribution in [3.8, 4) is 11.1 Å². The van der Waals surface area contributed by atoms with Gasteiger partial charge in [-0.25, -0.2) is 4.79 Å². The molecule has 2 amide bonds. The third kappa shape index (κ3) is 3.93. The van der Waals surface area contributed by atoms with E-state index in [0.29, 0.717) is 26.2 Å². The first-order chi connectivity index (χ1) is 11.8. The number of nitrogens with one attached hydrogen (secondary N) is 2. The van der Waals surface area contributed by atoms with Crippen molar-refractivity contribution in [2.45, 2.75) is 12.8 Å². The predicted molar refractivity (Wildman–Crippen MR) is 94.2 cm³/mol. The van der Waals surface area contributed by atoms with Gasteiger partial charge in [0, 0.05) is 18.8 Å². The molecule has 2 aromatic carbocycles. The Morgan fingerprint density at radius 3 is 2.79 bits per heavy atom. The molecule has 1 aliphatic carbocycles. The summed E-state index contributed by atoms with van der Waals surface area (Å²) >= 11 is 0. The van der Waals surface area contributed by atoms with E-state index in [1.54, 1.807) is 0 Å². The highest BCUT2D eigenvalue weighted by molar-refractivity contribution is 5.90. The zero-order chi connectivity index (χ0) is 16.8. The maximum Gasteiger partial charge on any atom is 0.319 e. The first-order valence-corrected chi connectivity index (χ1v) is 8.22. The summed E-state index contributed by atoms with van der Waals surface area (Å²) in [5.41, 5.74) is 5.91. The predicted octanol–water partition coefficient (Wildman–Crippen LogP) is 2.78. The number of rotatable bonds is 7. The topological polar surface area (TPSA) is 70.6 Å². The molecule has 3 rings (SSSR count). The Bertz CT molecular complexity index is 716. The number of hydrogen-bond acceptors (Lipinski definition) is 3. The monoisotopic (exact) mass is 326 g/mol. The SMILES string of the molecule is O=C(NCCCOCCO)Nc1ccc2c(c1)Cc1ccccc1-2. The standard InChI is InChI=1S/C19H22N2O3/c22-9-11-24-10-3-8-20-19(23)21-16-6-7-18-15(13-16)12-14-4-1-2-5-17(14)18/h1-2,4-7,13,22H,3,8-12H2,(H2,20,21,23). The lowest BCUT2D eigenvalue weighted by Crippen LogP contribution is -2.30. The number of carbonyl (C=O) groups excluding carboxylic acids is 1. The summed E-state index contributed by atoms with van der Waals surface area (Å²) in [5, 5.41) is 14.3. The van der Waals surface area contributed by atoms with Gasteiger partial charge in [0.1, 0.15) is 0 Å². The first kappa shape index (κ1) is 16.5. The Morgan fingerprint density at radius 1 is 1.08 bits per heavy atom. The van der Waals surface area contributed by atoms with Crippen LogP contribution in [0.5, 0.6) is 0 Å². The highest BCUT2D eigenvalue weighted by Gasteiger charge is 2.18. The lowest BCUT2D eigenvalue weighted by molar-refractivity contribution is 0.0910. The van der Waals surface area contributed by atoms with Crippen LogP contribution < -0.4 is 10.6 Å². The fourth-order valence-corrected chi connectivity index (χ4v) is 2.94. The number of urea groups is 1. The minimum atomic E-state index is -0.215. The van der Waals surface area contributed by atoms with E-state index < -0.39 is 0 Å². The third-order valence-corrected chi connectivity index (χ3v) is 4.04. The van der Waals surface area contributed by atoms with E-state index in [1.165, 1.54) is 22.3 Å². The molecule has 0 atom stereocenters. The van der Waals surface area contributed by atoms with Gasteiger partial charge < -0.3 is 20.5 Å². The number of anilines is 1. The molecule has 0 aliphatic heterocycles. The van der Waals surface area contributed by atoms with Crippen molar-refractivity contribution in [3.63, 3.8) is 0 Å². The summed E-state index contributed by atoms with van der Waals surface area (Å²) in [6.45, 7) is 1.42. The summed E-state index contributed by atoms with van der Waals surface area (Å²) < 4.78 is 5.14. The van der Waals surface area contributed by atoms with Crippen LogP contribution in [0, 0.1) is 0 Å². The number of aliphatic hydroxyl groups excluding tert-OH is 1. The molecule has 0 fully saturated rings. The van der Waals surface area contributed by atoms with Gasteiger partial charge in [-0.1, -0.05) is 30.3 Å². The van der Waals surface area contributed by atoms with Crippen molar-refractivity contribution < 1.29 is 14.6 Å². The largest absolute Gasteiger partial charge is 0.394 e. The van der Waals surface area contributed by atoms with Gasteiger partial charge in [0.05, 0.1) is 13.2 Å². The summed E-state index contributed by atoms with van der Waals surface area (Å²) in [5.74, 6) is 0. The molecule has 3 N–H and O–H groups in total. The number of fused-ring (bicyclic) bond motifs is 3. The van der Waals surface area contributed by atoms with Crippen LogP contribution in [0.25, 0.3) is 11.1 Å². The number of ether oxygens (including phenoxy) is 1. The molecule has 2 aromatic rings.